The van der Waals surface area contributed by atoms with Crippen molar-refractivity contribution in [2.45, 2.75) is 45.4 Å². The highest BCUT2D eigenvalue weighted by Gasteiger charge is 2.24. The molecule has 1 unspecified atom stereocenters. The predicted molar refractivity (Wildman–Crippen MR) is 113 cm³/mol. The highest BCUT2D eigenvalue weighted by Crippen LogP contribution is 2.29. The van der Waals surface area contributed by atoms with Gasteiger partial charge in [0.15, 0.2) is 5.60 Å². The van der Waals surface area contributed by atoms with Crippen molar-refractivity contribution in [1.29, 1.82) is 0 Å². The second-order valence-electron chi connectivity index (χ2n) is 7.31. The summed E-state index contributed by atoms with van der Waals surface area (Å²) >= 11 is 1.38. The molecule has 9 heteroatoms. The smallest absolute Gasteiger partial charge is 0.224 e. The van der Waals surface area contributed by atoms with Crippen molar-refractivity contribution >= 4 is 28.9 Å². The summed E-state index contributed by atoms with van der Waals surface area (Å²) in [6.07, 6.45) is 4.37. The van der Waals surface area contributed by atoms with Gasteiger partial charge >= 0.3 is 0 Å². The lowest BCUT2D eigenvalue weighted by Crippen LogP contribution is -2.29. The first-order valence-electron chi connectivity index (χ1n) is 9.53. The average molecular weight is 410 g/mol. The van der Waals surface area contributed by atoms with Crippen LogP contribution in [-0.4, -0.2) is 42.4 Å². The minimum absolute atomic E-state index is 0.254. The van der Waals surface area contributed by atoms with Gasteiger partial charge in [-0.05, 0) is 39.2 Å². The fourth-order valence-electron chi connectivity index (χ4n) is 3.11. The van der Waals surface area contributed by atoms with E-state index in [0.717, 1.165) is 31.1 Å². The summed E-state index contributed by atoms with van der Waals surface area (Å²) in [4.78, 5) is 15.2. The van der Waals surface area contributed by atoms with E-state index in [1.54, 1.807) is 19.3 Å². The van der Waals surface area contributed by atoms with Crippen molar-refractivity contribution in [2.24, 2.45) is 0 Å². The lowest BCUT2D eigenvalue weighted by atomic mass is 10.1. The van der Waals surface area contributed by atoms with E-state index < -0.39 is 5.60 Å². The van der Waals surface area contributed by atoms with Crippen LogP contribution in [0.25, 0.3) is 0 Å². The number of fused-ring (bicyclic) bond motifs is 1. The van der Waals surface area contributed by atoms with E-state index in [9.17, 15) is 5.11 Å². The zero-order valence-electron chi connectivity index (χ0n) is 16.6. The molecule has 150 valence electrons. The van der Waals surface area contributed by atoms with Gasteiger partial charge in [-0.25, -0.2) is 14.6 Å². The molecule has 2 N–H and O–H groups in total. The first kappa shape index (κ1) is 19.4. The summed E-state index contributed by atoms with van der Waals surface area (Å²) in [6, 6.07) is 4.08. The highest BCUT2D eigenvalue weighted by molar-refractivity contribution is 7.09. The molecule has 4 rings (SSSR count). The van der Waals surface area contributed by atoms with Gasteiger partial charge in [0, 0.05) is 43.0 Å². The minimum Gasteiger partial charge on any atom is -0.371 e. The number of aromatic nitrogens is 5. The summed E-state index contributed by atoms with van der Waals surface area (Å²) in [5, 5.41) is 20.8. The second kappa shape index (κ2) is 7.81. The lowest BCUT2D eigenvalue weighted by molar-refractivity contribution is 0.122. The van der Waals surface area contributed by atoms with Crippen LogP contribution < -0.4 is 10.2 Å². The Hall–Kier alpha value is -2.96. The number of hydrogen-bond acceptors (Lipinski definition) is 8. The van der Waals surface area contributed by atoms with Crippen molar-refractivity contribution in [3.63, 3.8) is 0 Å². The van der Waals surface area contributed by atoms with Gasteiger partial charge in [-0.1, -0.05) is 5.92 Å². The zero-order valence-corrected chi connectivity index (χ0v) is 17.4. The fourth-order valence-corrected chi connectivity index (χ4v) is 3.76. The van der Waals surface area contributed by atoms with Crippen molar-refractivity contribution in [3.05, 3.63) is 40.6 Å². The third-order valence-corrected chi connectivity index (χ3v) is 5.39. The molecule has 0 bridgehead atoms. The molecular formula is C20H23N7OS. The van der Waals surface area contributed by atoms with E-state index in [0.29, 0.717) is 16.6 Å². The topological polar surface area (TPSA) is 92.0 Å². The van der Waals surface area contributed by atoms with Crippen molar-refractivity contribution in [2.75, 3.05) is 16.8 Å². The van der Waals surface area contributed by atoms with Crippen molar-refractivity contribution in [1.82, 2.24) is 24.7 Å². The largest absolute Gasteiger partial charge is 0.371 e. The SMILES string of the molecule is CC(C)Nc1nccc(N2CCCn3nc(C#CC(C)(O)c4nccs4)cc32)n1. The van der Waals surface area contributed by atoms with Crippen molar-refractivity contribution in [3.8, 4) is 11.8 Å². The van der Waals surface area contributed by atoms with Gasteiger partial charge in [0.05, 0.1) is 0 Å². The van der Waals surface area contributed by atoms with Crippen molar-refractivity contribution < 1.29 is 5.11 Å². The summed E-state index contributed by atoms with van der Waals surface area (Å²) < 4.78 is 1.93. The Balaban J connectivity index is 1.62. The van der Waals surface area contributed by atoms with E-state index in [-0.39, 0.29) is 6.04 Å². The second-order valence-corrected chi connectivity index (χ2v) is 8.21. The lowest BCUT2D eigenvalue weighted by Gasteiger charge is -2.28. The molecule has 4 heterocycles. The first-order valence-corrected chi connectivity index (χ1v) is 10.4. The van der Waals surface area contributed by atoms with Crippen LogP contribution >= 0.6 is 11.3 Å². The highest BCUT2D eigenvalue weighted by atomic mass is 32.1. The Morgan fingerprint density at radius 1 is 1.28 bits per heavy atom. The molecule has 1 aliphatic heterocycles. The third kappa shape index (κ3) is 4.23. The standard InChI is InChI=1S/C20H23N7OS/c1-14(2)23-19-22-8-6-16(24-19)26-10-4-11-27-17(26)13-15(25-27)5-7-20(3,28)18-21-9-12-29-18/h6,8-9,12-14,28H,4,10-11H2,1-3H3,(H,22,23,24). The monoisotopic (exact) mass is 409 g/mol. The average Bonchev–Trinajstić information content (AvgIpc) is 3.36. The summed E-state index contributed by atoms with van der Waals surface area (Å²) in [7, 11) is 0. The predicted octanol–water partition coefficient (Wildman–Crippen LogP) is 2.75. The Kier molecular flexibility index (Phi) is 5.22. The first-order chi connectivity index (χ1) is 13.9. The minimum atomic E-state index is -1.30. The Morgan fingerprint density at radius 3 is 2.90 bits per heavy atom. The molecular weight excluding hydrogens is 386 g/mol. The Morgan fingerprint density at radius 2 is 2.14 bits per heavy atom. The molecule has 1 atom stereocenters. The molecule has 8 nitrogen and oxygen atoms in total. The fraction of sp³-hybridized carbons (Fsp3) is 0.400. The van der Waals surface area contributed by atoms with Crippen LogP contribution in [0.5, 0.6) is 0 Å². The molecule has 0 spiro atoms. The van der Waals surface area contributed by atoms with E-state index in [1.165, 1.54) is 11.3 Å². The molecule has 0 saturated heterocycles. The molecule has 0 saturated carbocycles. The van der Waals surface area contributed by atoms with Gasteiger partial charge in [0.2, 0.25) is 5.95 Å². The molecule has 1 aliphatic rings. The van der Waals surface area contributed by atoms with Crippen LogP contribution in [0.4, 0.5) is 17.6 Å². The maximum absolute atomic E-state index is 10.6. The summed E-state index contributed by atoms with van der Waals surface area (Å²) in [6.45, 7) is 7.41. The van der Waals surface area contributed by atoms with Crippen LogP contribution in [0, 0.1) is 11.8 Å². The van der Waals surface area contributed by atoms with Gasteiger partial charge in [0.1, 0.15) is 22.3 Å². The molecule has 3 aromatic heterocycles. The number of rotatable bonds is 4. The van der Waals surface area contributed by atoms with Gasteiger partial charge in [-0.15, -0.1) is 11.3 Å². The molecule has 29 heavy (non-hydrogen) atoms. The van der Waals surface area contributed by atoms with Gasteiger partial charge < -0.3 is 15.3 Å². The van der Waals surface area contributed by atoms with E-state index in [1.807, 2.05) is 22.2 Å². The van der Waals surface area contributed by atoms with Crippen LogP contribution in [0.1, 0.15) is 37.9 Å². The number of hydrogen-bond donors (Lipinski definition) is 2. The number of anilines is 3. The third-order valence-electron chi connectivity index (χ3n) is 4.40. The van der Waals surface area contributed by atoms with Crippen LogP contribution in [-0.2, 0) is 12.1 Å². The summed E-state index contributed by atoms with van der Waals surface area (Å²) in [5.74, 6) is 8.26. The molecule has 0 fully saturated rings. The maximum atomic E-state index is 10.6. The zero-order chi connectivity index (χ0) is 20.4. The van der Waals surface area contributed by atoms with Crippen LogP contribution in [0.2, 0.25) is 0 Å². The van der Waals surface area contributed by atoms with Gasteiger partial charge in [-0.2, -0.15) is 10.1 Å². The number of aryl methyl sites for hydroxylation is 1. The number of nitrogens with zero attached hydrogens (tertiary/aromatic N) is 6. The molecule has 0 amide bonds. The van der Waals surface area contributed by atoms with E-state index in [2.05, 4.69) is 56.0 Å². The van der Waals surface area contributed by atoms with Gasteiger partial charge in [0.25, 0.3) is 0 Å². The maximum Gasteiger partial charge on any atom is 0.224 e. The van der Waals surface area contributed by atoms with Crippen LogP contribution in [0.15, 0.2) is 29.9 Å². The molecule has 0 radical (unpaired) electrons. The van der Waals surface area contributed by atoms with E-state index in [4.69, 9.17) is 0 Å². The molecule has 0 aliphatic carbocycles. The Labute approximate surface area is 173 Å². The normalized spacial score (nSPS) is 15.4. The van der Waals surface area contributed by atoms with E-state index >= 15 is 0 Å². The Bertz CT molecular complexity index is 1050. The summed E-state index contributed by atoms with van der Waals surface area (Å²) in [5.41, 5.74) is -0.694. The molecule has 0 aromatic carbocycles. The number of aliphatic hydroxyl groups is 1. The molecule has 3 aromatic rings. The quantitative estimate of drug-likeness (QED) is 0.640. The number of nitrogens with one attached hydrogen (secondary N) is 1. The van der Waals surface area contributed by atoms with Gasteiger partial charge in [-0.3, -0.25) is 0 Å². The number of thiazole rings is 1. The van der Waals surface area contributed by atoms with Crippen LogP contribution in [0.3, 0.4) is 0 Å².